The van der Waals surface area contributed by atoms with Crippen LogP contribution in [0.1, 0.15) is 12.8 Å². The fraction of sp³-hybridized carbons (Fsp3) is 1.00. The number of rotatable bonds is 2. The summed E-state index contributed by atoms with van der Waals surface area (Å²) < 4.78 is 5.25. The normalized spacial score (nSPS) is 28.8. The van der Waals surface area contributed by atoms with E-state index in [0.29, 0.717) is 5.41 Å². The summed E-state index contributed by atoms with van der Waals surface area (Å²) in [5.74, 6) is 0. The summed E-state index contributed by atoms with van der Waals surface area (Å²) in [5, 5.41) is 8.81. The Morgan fingerprint density at radius 1 is 1.42 bits per heavy atom. The predicted molar refractivity (Wildman–Crippen MR) is 46.0 cm³/mol. The number of nitrogens with zero attached hydrogens (tertiary/aromatic N) is 1. The van der Waals surface area contributed by atoms with Gasteiger partial charge in [0.1, 0.15) is 0 Å². The zero-order valence-electron chi connectivity index (χ0n) is 7.46. The van der Waals surface area contributed by atoms with Gasteiger partial charge in [0.2, 0.25) is 0 Å². The molecule has 3 nitrogen and oxygen atoms in total. The van der Waals surface area contributed by atoms with Crippen LogP contribution in [0.25, 0.3) is 0 Å². The Morgan fingerprint density at radius 2 is 2.25 bits per heavy atom. The highest BCUT2D eigenvalue weighted by molar-refractivity contribution is 4.91. The van der Waals surface area contributed by atoms with Gasteiger partial charge in [0.25, 0.3) is 0 Å². The van der Waals surface area contributed by atoms with Gasteiger partial charge in [-0.05, 0) is 19.4 Å². The summed E-state index contributed by atoms with van der Waals surface area (Å²) in [7, 11) is 0. The molecule has 2 aliphatic heterocycles. The molecule has 2 saturated heterocycles. The van der Waals surface area contributed by atoms with E-state index in [2.05, 4.69) is 4.90 Å². The topological polar surface area (TPSA) is 32.7 Å². The largest absolute Gasteiger partial charge is 0.395 e. The van der Waals surface area contributed by atoms with Crippen molar-refractivity contribution < 1.29 is 9.84 Å². The second kappa shape index (κ2) is 3.32. The van der Waals surface area contributed by atoms with Gasteiger partial charge in [-0.15, -0.1) is 0 Å². The highest BCUT2D eigenvalue weighted by Crippen LogP contribution is 2.36. The third-order valence-electron chi connectivity index (χ3n) is 2.97. The van der Waals surface area contributed by atoms with E-state index in [9.17, 15) is 0 Å². The summed E-state index contributed by atoms with van der Waals surface area (Å²) in [6.07, 6.45) is 2.58. The van der Waals surface area contributed by atoms with E-state index in [1.165, 1.54) is 12.8 Å². The van der Waals surface area contributed by atoms with Gasteiger partial charge < -0.3 is 14.7 Å². The fourth-order valence-electron chi connectivity index (χ4n) is 2.27. The van der Waals surface area contributed by atoms with Gasteiger partial charge in [-0.25, -0.2) is 0 Å². The smallest absolute Gasteiger partial charge is 0.0558 e. The molecule has 0 saturated carbocycles. The molecule has 0 aromatic rings. The molecule has 0 amide bonds. The summed E-state index contributed by atoms with van der Waals surface area (Å²) in [6, 6.07) is 0. The van der Waals surface area contributed by atoms with E-state index in [0.717, 1.165) is 32.8 Å². The van der Waals surface area contributed by atoms with Gasteiger partial charge in [-0.1, -0.05) is 0 Å². The van der Waals surface area contributed by atoms with E-state index >= 15 is 0 Å². The number of β-amino-alcohol motifs (C(OH)–C–C–N with tert-alkyl or cyclic N) is 1. The van der Waals surface area contributed by atoms with Crippen molar-refractivity contribution in [2.45, 2.75) is 12.8 Å². The van der Waals surface area contributed by atoms with Crippen LogP contribution in [0, 0.1) is 5.41 Å². The van der Waals surface area contributed by atoms with Gasteiger partial charge in [-0.3, -0.25) is 0 Å². The first-order chi connectivity index (χ1) is 5.85. The summed E-state index contributed by atoms with van der Waals surface area (Å²) in [6.45, 7) is 5.29. The Labute approximate surface area is 73.3 Å². The first kappa shape index (κ1) is 8.48. The van der Waals surface area contributed by atoms with Gasteiger partial charge in [0.05, 0.1) is 19.8 Å². The molecule has 2 rings (SSSR count). The van der Waals surface area contributed by atoms with Gasteiger partial charge in [0, 0.05) is 18.5 Å². The number of ether oxygens (including phenoxy) is 1. The van der Waals surface area contributed by atoms with Crippen LogP contribution in [0.3, 0.4) is 0 Å². The van der Waals surface area contributed by atoms with Gasteiger partial charge in [0.15, 0.2) is 0 Å². The molecule has 0 unspecified atom stereocenters. The van der Waals surface area contributed by atoms with Crippen molar-refractivity contribution in [2.75, 3.05) is 39.5 Å². The highest BCUT2D eigenvalue weighted by atomic mass is 16.5. The van der Waals surface area contributed by atoms with Crippen molar-refractivity contribution in [3.8, 4) is 0 Å². The molecule has 0 aromatic carbocycles. The third-order valence-corrected chi connectivity index (χ3v) is 2.97. The molecular weight excluding hydrogens is 154 g/mol. The zero-order chi connectivity index (χ0) is 8.44. The Bertz CT molecular complexity index is 155. The van der Waals surface area contributed by atoms with E-state index < -0.39 is 0 Å². The summed E-state index contributed by atoms with van der Waals surface area (Å²) in [4.78, 5) is 2.35. The minimum atomic E-state index is 0.289. The number of likely N-dealkylation sites (tertiary alicyclic amines) is 1. The maximum Gasteiger partial charge on any atom is 0.0558 e. The van der Waals surface area contributed by atoms with Crippen LogP contribution in [0.4, 0.5) is 0 Å². The lowest BCUT2D eigenvalue weighted by Gasteiger charge is -2.48. The molecule has 2 aliphatic rings. The highest BCUT2D eigenvalue weighted by Gasteiger charge is 2.41. The Kier molecular flexibility index (Phi) is 2.35. The first-order valence-electron chi connectivity index (χ1n) is 4.76. The SMILES string of the molecule is OCCN1CCCC2(COC2)C1. The quantitative estimate of drug-likeness (QED) is 0.639. The van der Waals surface area contributed by atoms with Crippen molar-refractivity contribution in [3.05, 3.63) is 0 Å². The maximum atomic E-state index is 8.81. The van der Waals surface area contributed by atoms with Crippen molar-refractivity contribution in [3.63, 3.8) is 0 Å². The Balaban J connectivity index is 1.85. The Hall–Kier alpha value is -0.120. The molecule has 0 atom stereocenters. The number of hydrogen-bond acceptors (Lipinski definition) is 3. The number of aliphatic hydroxyl groups is 1. The average Bonchev–Trinajstić information content (AvgIpc) is 2.03. The predicted octanol–water partition coefficient (Wildman–Crippen LogP) is 0.0911. The first-order valence-corrected chi connectivity index (χ1v) is 4.76. The van der Waals surface area contributed by atoms with Crippen LogP contribution in [0.2, 0.25) is 0 Å². The maximum absolute atomic E-state index is 8.81. The van der Waals surface area contributed by atoms with Gasteiger partial charge >= 0.3 is 0 Å². The number of aliphatic hydroxyl groups excluding tert-OH is 1. The summed E-state index contributed by atoms with van der Waals surface area (Å²) >= 11 is 0. The molecule has 0 aromatic heterocycles. The average molecular weight is 171 g/mol. The number of hydrogen-bond donors (Lipinski definition) is 1. The van der Waals surface area contributed by atoms with Crippen molar-refractivity contribution in [1.82, 2.24) is 4.90 Å². The molecule has 2 fully saturated rings. The molecule has 3 heteroatoms. The lowest BCUT2D eigenvalue weighted by Crippen LogP contribution is -2.54. The van der Waals surface area contributed by atoms with Crippen molar-refractivity contribution >= 4 is 0 Å². The second-order valence-corrected chi connectivity index (χ2v) is 4.10. The third kappa shape index (κ3) is 1.49. The van der Waals surface area contributed by atoms with Crippen LogP contribution in [-0.2, 0) is 4.74 Å². The lowest BCUT2D eigenvalue weighted by molar-refractivity contribution is -0.144. The molecule has 2 heterocycles. The van der Waals surface area contributed by atoms with Crippen LogP contribution in [0.5, 0.6) is 0 Å². The van der Waals surface area contributed by atoms with Crippen LogP contribution in [0.15, 0.2) is 0 Å². The van der Waals surface area contributed by atoms with Crippen molar-refractivity contribution in [1.29, 1.82) is 0 Å². The zero-order valence-corrected chi connectivity index (χ0v) is 7.46. The molecular formula is C9H17NO2. The molecule has 1 N–H and O–H groups in total. The van der Waals surface area contributed by atoms with E-state index in [4.69, 9.17) is 9.84 Å². The molecule has 0 aliphatic carbocycles. The fourth-order valence-corrected chi connectivity index (χ4v) is 2.27. The van der Waals surface area contributed by atoms with Crippen molar-refractivity contribution in [2.24, 2.45) is 5.41 Å². The molecule has 12 heavy (non-hydrogen) atoms. The summed E-state index contributed by atoms with van der Waals surface area (Å²) in [5.41, 5.74) is 0.466. The van der Waals surface area contributed by atoms with Gasteiger partial charge in [-0.2, -0.15) is 0 Å². The lowest BCUT2D eigenvalue weighted by atomic mass is 9.78. The minimum Gasteiger partial charge on any atom is -0.395 e. The minimum absolute atomic E-state index is 0.289. The van der Waals surface area contributed by atoms with Crippen LogP contribution in [-0.4, -0.2) is 49.5 Å². The van der Waals surface area contributed by atoms with E-state index in [1.807, 2.05) is 0 Å². The second-order valence-electron chi connectivity index (χ2n) is 4.10. The van der Waals surface area contributed by atoms with Crippen LogP contribution < -0.4 is 0 Å². The number of piperidine rings is 1. The van der Waals surface area contributed by atoms with E-state index in [1.54, 1.807) is 0 Å². The van der Waals surface area contributed by atoms with Crippen LogP contribution >= 0.6 is 0 Å². The molecule has 1 spiro atoms. The van der Waals surface area contributed by atoms with E-state index in [-0.39, 0.29) is 6.61 Å². The molecule has 70 valence electrons. The molecule has 0 radical (unpaired) electrons. The Morgan fingerprint density at radius 3 is 2.83 bits per heavy atom. The monoisotopic (exact) mass is 171 g/mol. The molecule has 0 bridgehead atoms. The standard InChI is InChI=1S/C9H17NO2/c11-5-4-10-3-1-2-9(6-10)7-12-8-9/h11H,1-8H2.